The van der Waals surface area contributed by atoms with Crippen LogP contribution in [-0.4, -0.2) is 11.5 Å². The summed E-state index contributed by atoms with van der Waals surface area (Å²) in [5.41, 5.74) is 1.20. The quantitative estimate of drug-likeness (QED) is 0.777. The Kier molecular flexibility index (Phi) is 5.82. The zero-order valence-corrected chi connectivity index (χ0v) is 13.3. The molecule has 2 rings (SSSR count). The van der Waals surface area contributed by atoms with Crippen molar-refractivity contribution in [2.45, 2.75) is 25.8 Å². The Morgan fingerprint density at radius 1 is 1.19 bits per heavy atom. The third kappa shape index (κ3) is 4.08. The fraction of sp³-hybridized carbons (Fsp3) is 0.312. The summed E-state index contributed by atoms with van der Waals surface area (Å²) in [4.78, 5) is 3.96. The third-order valence-corrected chi connectivity index (χ3v) is 3.96. The standard InChI is InChI=1S/C16H17BrF2N2/c1-2-21-14(6-3-11-7-9-20-10-8-11)15-13(18)5-4-12(17)16(15)19/h4-5,7-10,14,21H,2-3,6H2,1H3. The summed E-state index contributed by atoms with van der Waals surface area (Å²) in [5.74, 6) is -1.05. The van der Waals surface area contributed by atoms with Crippen LogP contribution in [0.25, 0.3) is 0 Å². The van der Waals surface area contributed by atoms with Crippen LogP contribution in [0.2, 0.25) is 0 Å². The highest BCUT2D eigenvalue weighted by molar-refractivity contribution is 9.10. The van der Waals surface area contributed by atoms with Gasteiger partial charge < -0.3 is 5.32 Å². The molecule has 1 aromatic heterocycles. The van der Waals surface area contributed by atoms with Crippen molar-refractivity contribution in [1.82, 2.24) is 10.3 Å². The number of hydrogen-bond donors (Lipinski definition) is 1. The summed E-state index contributed by atoms with van der Waals surface area (Å²) in [6, 6.07) is 6.15. The number of rotatable bonds is 6. The average molecular weight is 355 g/mol. The Morgan fingerprint density at radius 2 is 1.90 bits per heavy atom. The zero-order chi connectivity index (χ0) is 15.2. The number of halogens is 3. The molecule has 0 radical (unpaired) electrons. The summed E-state index contributed by atoms with van der Waals surface area (Å²) in [6.45, 7) is 2.57. The molecule has 0 aliphatic carbocycles. The predicted molar refractivity (Wildman–Crippen MR) is 83.0 cm³/mol. The molecule has 5 heteroatoms. The number of aryl methyl sites for hydroxylation is 1. The molecule has 112 valence electrons. The van der Waals surface area contributed by atoms with Crippen LogP contribution in [0.15, 0.2) is 41.1 Å². The van der Waals surface area contributed by atoms with Crippen LogP contribution in [0.4, 0.5) is 8.78 Å². The summed E-state index contributed by atoms with van der Waals surface area (Å²) in [6.07, 6.45) is 4.78. The van der Waals surface area contributed by atoms with E-state index in [-0.39, 0.29) is 16.1 Å². The fourth-order valence-electron chi connectivity index (χ4n) is 2.32. The van der Waals surface area contributed by atoms with Gasteiger partial charge in [0.1, 0.15) is 11.6 Å². The molecule has 0 bridgehead atoms. The monoisotopic (exact) mass is 354 g/mol. The molecule has 0 saturated heterocycles. The van der Waals surface area contributed by atoms with Gasteiger partial charge in [-0.05, 0) is 65.1 Å². The van der Waals surface area contributed by atoms with Crippen molar-refractivity contribution in [2.75, 3.05) is 6.54 Å². The maximum atomic E-state index is 14.2. The minimum absolute atomic E-state index is 0.0975. The van der Waals surface area contributed by atoms with Crippen LogP contribution in [0.1, 0.15) is 30.5 Å². The van der Waals surface area contributed by atoms with E-state index in [0.29, 0.717) is 13.0 Å². The average Bonchev–Trinajstić information content (AvgIpc) is 2.50. The van der Waals surface area contributed by atoms with E-state index in [1.807, 2.05) is 19.1 Å². The smallest absolute Gasteiger partial charge is 0.145 e. The van der Waals surface area contributed by atoms with Gasteiger partial charge in [0.05, 0.1) is 4.47 Å². The van der Waals surface area contributed by atoms with Crippen LogP contribution in [0.5, 0.6) is 0 Å². The fourth-order valence-corrected chi connectivity index (χ4v) is 2.66. The number of nitrogens with zero attached hydrogens (tertiary/aromatic N) is 1. The topological polar surface area (TPSA) is 24.9 Å². The van der Waals surface area contributed by atoms with E-state index < -0.39 is 11.6 Å². The largest absolute Gasteiger partial charge is 0.310 e. The molecular weight excluding hydrogens is 338 g/mol. The lowest BCUT2D eigenvalue weighted by Crippen LogP contribution is -2.24. The minimum Gasteiger partial charge on any atom is -0.310 e. The second-order valence-electron chi connectivity index (χ2n) is 4.76. The number of benzene rings is 1. The molecule has 1 atom stereocenters. The van der Waals surface area contributed by atoms with E-state index in [1.54, 1.807) is 12.4 Å². The van der Waals surface area contributed by atoms with Gasteiger partial charge in [-0.2, -0.15) is 0 Å². The van der Waals surface area contributed by atoms with E-state index in [0.717, 1.165) is 12.0 Å². The molecule has 0 spiro atoms. The number of hydrogen-bond acceptors (Lipinski definition) is 2. The number of aromatic nitrogens is 1. The van der Waals surface area contributed by atoms with Crippen molar-refractivity contribution in [2.24, 2.45) is 0 Å². The first kappa shape index (κ1) is 16.0. The number of nitrogens with one attached hydrogen (secondary N) is 1. The molecule has 21 heavy (non-hydrogen) atoms. The highest BCUT2D eigenvalue weighted by Crippen LogP contribution is 2.29. The third-order valence-electron chi connectivity index (χ3n) is 3.35. The van der Waals surface area contributed by atoms with Crippen LogP contribution in [0, 0.1) is 11.6 Å². The van der Waals surface area contributed by atoms with Crippen molar-refractivity contribution in [3.05, 3.63) is 63.9 Å². The second kappa shape index (κ2) is 7.61. The summed E-state index contributed by atoms with van der Waals surface area (Å²) < 4.78 is 28.5. The molecule has 1 heterocycles. The second-order valence-corrected chi connectivity index (χ2v) is 5.62. The molecule has 0 aliphatic heterocycles. The normalized spacial score (nSPS) is 12.4. The highest BCUT2D eigenvalue weighted by Gasteiger charge is 2.21. The van der Waals surface area contributed by atoms with Crippen molar-refractivity contribution in [1.29, 1.82) is 0 Å². The van der Waals surface area contributed by atoms with Crippen LogP contribution in [0.3, 0.4) is 0 Å². The van der Waals surface area contributed by atoms with Crippen molar-refractivity contribution in [3.8, 4) is 0 Å². The van der Waals surface area contributed by atoms with Gasteiger partial charge in [0.25, 0.3) is 0 Å². The highest BCUT2D eigenvalue weighted by atomic mass is 79.9. The molecule has 0 saturated carbocycles. The van der Waals surface area contributed by atoms with Crippen LogP contribution in [-0.2, 0) is 6.42 Å². The molecular formula is C16H17BrF2N2. The summed E-state index contributed by atoms with van der Waals surface area (Å²) in [5, 5.41) is 3.16. The van der Waals surface area contributed by atoms with Gasteiger partial charge in [-0.3, -0.25) is 4.98 Å². The van der Waals surface area contributed by atoms with Gasteiger partial charge in [0, 0.05) is 24.0 Å². The van der Waals surface area contributed by atoms with Gasteiger partial charge in [-0.1, -0.05) is 6.92 Å². The molecule has 2 nitrogen and oxygen atoms in total. The lowest BCUT2D eigenvalue weighted by Gasteiger charge is -2.20. The van der Waals surface area contributed by atoms with Gasteiger partial charge in [0.15, 0.2) is 0 Å². The maximum Gasteiger partial charge on any atom is 0.145 e. The van der Waals surface area contributed by atoms with Crippen LogP contribution >= 0.6 is 15.9 Å². The lowest BCUT2D eigenvalue weighted by molar-refractivity contribution is 0.452. The molecule has 1 N–H and O–H groups in total. The minimum atomic E-state index is -0.532. The summed E-state index contributed by atoms with van der Waals surface area (Å²) in [7, 11) is 0. The molecule has 0 aliphatic rings. The molecule has 1 unspecified atom stereocenters. The first-order chi connectivity index (χ1) is 10.1. The molecule has 2 aromatic rings. The lowest BCUT2D eigenvalue weighted by atomic mass is 9.98. The Hall–Kier alpha value is -1.33. The SMILES string of the molecule is CCNC(CCc1ccncc1)c1c(F)ccc(Br)c1F. The van der Waals surface area contributed by atoms with Gasteiger partial charge in [0.2, 0.25) is 0 Å². The molecule has 0 fully saturated rings. The van der Waals surface area contributed by atoms with Gasteiger partial charge in [-0.25, -0.2) is 8.78 Å². The van der Waals surface area contributed by atoms with Gasteiger partial charge >= 0.3 is 0 Å². The first-order valence-corrected chi connectivity index (χ1v) is 7.68. The molecule has 0 amide bonds. The Labute approximate surface area is 131 Å². The van der Waals surface area contributed by atoms with E-state index in [2.05, 4.69) is 26.2 Å². The zero-order valence-electron chi connectivity index (χ0n) is 11.7. The maximum absolute atomic E-state index is 14.2. The van der Waals surface area contributed by atoms with Crippen molar-refractivity contribution >= 4 is 15.9 Å². The Morgan fingerprint density at radius 3 is 2.57 bits per heavy atom. The van der Waals surface area contributed by atoms with Gasteiger partial charge in [-0.15, -0.1) is 0 Å². The van der Waals surface area contributed by atoms with Crippen molar-refractivity contribution < 1.29 is 8.78 Å². The molecule has 1 aromatic carbocycles. The van der Waals surface area contributed by atoms with E-state index >= 15 is 0 Å². The van der Waals surface area contributed by atoms with Crippen molar-refractivity contribution in [3.63, 3.8) is 0 Å². The number of pyridine rings is 1. The van der Waals surface area contributed by atoms with E-state index in [4.69, 9.17) is 0 Å². The predicted octanol–water partition coefficient (Wildman–Crippen LogP) is 4.41. The van der Waals surface area contributed by atoms with Crippen LogP contribution < -0.4 is 5.32 Å². The van der Waals surface area contributed by atoms with E-state index in [1.165, 1.54) is 12.1 Å². The summed E-state index contributed by atoms with van der Waals surface area (Å²) >= 11 is 3.12. The Balaban J connectivity index is 2.21. The Bertz CT molecular complexity index is 590. The first-order valence-electron chi connectivity index (χ1n) is 6.89. The van der Waals surface area contributed by atoms with E-state index in [9.17, 15) is 8.78 Å².